The third-order valence-electron chi connectivity index (χ3n) is 3.75. The Kier molecular flexibility index (Phi) is 5.11. The van der Waals surface area contributed by atoms with Gasteiger partial charge in [-0.2, -0.15) is 0 Å². The second-order valence-corrected chi connectivity index (χ2v) is 6.66. The Bertz CT molecular complexity index is 1000. The third-order valence-corrected chi connectivity index (χ3v) is 4.76. The van der Waals surface area contributed by atoms with Crippen LogP contribution in [0.25, 0.3) is 10.9 Å². The zero-order valence-electron chi connectivity index (χ0n) is 13.2. The van der Waals surface area contributed by atoms with Crippen LogP contribution >= 0.6 is 23.4 Å². The first-order chi connectivity index (χ1) is 12.0. The van der Waals surface area contributed by atoms with E-state index in [1.54, 1.807) is 30.5 Å². The number of carbonyl (C=O) groups excluding carboxylic acids is 1. The van der Waals surface area contributed by atoms with Gasteiger partial charge in [0, 0.05) is 22.7 Å². The molecule has 1 heterocycles. The van der Waals surface area contributed by atoms with Gasteiger partial charge in [0.15, 0.2) is 0 Å². The number of hydrogen-bond donors (Lipinski definition) is 2. The van der Waals surface area contributed by atoms with Crippen LogP contribution < -0.4 is 10.7 Å². The fraction of sp³-hybridized carbons (Fsp3) is 0.111. The lowest BCUT2D eigenvalue weighted by Crippen LogP contribution is -2.28. The first kappa shape index (κ1) is 17.5. The molecule has 7 heteroatoms. The maximum atomic E-state index is 13.7. The molecule has 0 aliphatic heterocycles. The molecule has 2 aromatic carbocycles. The molecular weight excluding hydrogens is 363 g/mol. The van der Waals surface area contributed by atoms with E-state index in [1.165, 1.54) is 24.0 Å². The molecule has 0 unspecified atom stereocenters. The summed E-state index contributed by atoms with van der Waals surface area (Å²) in [5.74, 6) is -1.03. The average Bonchev–Trinajstić information content (AvgIpc) is 2.61. The van der Waals surface area contributed by atoms with E-state index >= 15 is 0 Å². The number of aromatic nitrogens is 1. The molecule has 3 aromatic rings. The van der Waals surface area contributed by atoms with E-state index in [9.17, 15) is 14.0 Å². The molecule has 0 saturated carbocycles. The molecular formula is C18H14ClFN2O2S. The van der Waals surface area contributed by atoms with Crippen molar-refractivity contribution in [1.82, 2.24) is 10.3 Å². The molecule has 0 radical (unpaired) electrons. The second-order valence-electron chi connectivity index (χ2n) is 5.37. The minimum Gasteiger partial charge on any atom is -0.359 e. The summed E-state index contributed by atoms with van der Waals surface area (Å²) in [4.78, 5) is 28.4. The SMILES string of the molecule is CSc1cc(F)cc2c(=O)c(C(=O)NCc3ccc(Cl)cc3)c[nH]c12. The molecule has 128 valence electrons. The van der Waals surface area contributed by atoms with Crippen molar-refractivity contribution in [2.24, 2.45) is 0 Å². The highest BCUT2D eigenvalue weighted by atomic mass is 35.5. The van der Waals surface area contributed by atoms with Gasteiger partial charge in [-0.3, -0.25) is 9.59 Å². The number of fused-ring (bicyclic) bond motifs is 1. The van der Waals surface area contributed by atoms with Crippen LogP contribution in [0.5, 0.6) is 0 Å². The van der Waals surface area contributed by atoms with Crippen molar-refractivity contribution < 1.29 is 9.18 Å². The quantitative estimate of drug-likeness (QED) is 0.677. The van der Waals surface area contributed by atoms with Gasteiger partial charge in [0.1, 0.15) is 11.4 Å². The molecule has 0 bridgehead atoms. The lowest BCUT2D eigenvalue weighted by Gasteiger charge is -2.08. The highest BCUT2D eigenvalue weighted by Crippen LogP contribution is 2.24. The van der Waals surface area contributed by atoms with Crippen molar-refractivity contribution in [3.8, 4) is 0 Å². The summed E-state index contributed by atoms with van der Waals surface area (Å²) in [6.45, 7) is 0.257. The average molecular weight is 377 g/mol. The molecule has 1 amide bonds. The molecule has 0 spiro atoms. The van der Waals surface area contributed by atoms with Crippen LogP contribution in [0.1, 0.15) is 15.9 Å². The first-order valence-corrected chi connectivity index (χ1v) is 9.01. The number of benzene rings is 2. The summed E-state index contributed by atoms with van der Waals surface area (Å²) < 4.78 is 13.7. The third kappa shape index (κ3) is 3.70. The summed E-state index contributed by atoms with van der Waals surface area (Å²) in [5, 5.41) is 3.44. The molecule has 1 aromatic heterocycles. The molecule has 0 saturated heterocycles. The second kappa shape index (κ2) is 7.29. The highest BCUT2D eigenvalue weighted by molar-refractivity contribution is 7.98. The lowest BCUT2D eigenvalue weighted by molar-refractivity contribution is 0.0949. The summed E-state index contributed by atoms with van der Waals surface area (Å²) in [6, 6.07) is 9.50. The number of amides is 1. The zero-order chi connectivity index (χ0) is 18.0. The van der Waals surface area contributed by atoms with Crippen LogP contribution in [0.15, 0.2) is 52.3 Å². The van der Waals surface area contributed by atoms with Crippen molar-refractivity contribution in [3.63, 3.8) is 0 Å². The number of hydrogen-bond acceptors (Lipinski definition) is 3. The Labute approximate surface area is 152 Å². The summed E-state index contributed by atoms with van der Waals surface area (Å²) in [6.07, 6.45) is 3.15. The van der Waals surface area contributed by atoms with Crippen LogP contribution in [0.2, 0.25) is 5.02 Å². The highest BCUT2D eigenvalue weighted by Gasteiger charge is 2.15. The fourth-order valence-electron chi connectivity index (χ4n) is 2.47. The topological polar surface area (TPSA) is 62.0 Å². The lowest BCUT2D eigenvalue weighted by atomic mass is 10.1. The molecule has 25 heavy (non-hydrogen) atoms. The van der Waals surface area contributed by atoms with E-state index in [2.05, 4.69) is 10.3 Å². The number of aromatic amines is 1. The van der Waals surface area contributed by atoms with Crippen molar-refractivity contribution >= 4 is 40.2 Å². The van der Waals surface area contributed by atoms with Crippen LogP contribution in [0.4, 0.5) is 4.39 Å². The van der Waals surface area contributed by atoms with E-state index < -0.39 is 17.2 Å². The van der Waals surface area contributed by atoms with Gasteiger partial charge in [0.05, 0.1) is 10.9 Å². The predicted molar refractivity (Wildman–Crippen MR) is 98.9 cm³/mol. The van der Waals surface area contributed by atoms with Gasteiger partial charge in [-0.05, 0) is 36.1 Å². The van der Waals surface area contributed by atoms with E-state index in [0.29, 0.717) is 15.4 Å². The Balaban J connectivity index is 1.90. The Morgan fingerprint density at radius 1 is 1.28 bits per heavy atom. The van der Waals surface area contributed by atoms with Gasteiger partial charge in [-0.25, -0.2) is 4.39 Å². The zero-order valence-corrected chi connectivity index (χ0v) is 14.8. The number of halogens is 2. The number of nitrogens with one attached hydrogen (secondary N) is 2. The van der Waals surface area contributed by atoms with Gasteiger partial charge in [-0.15, -0.1) is 11.8 Å². The Morgan fingerprint density at radius 2 is 2.00 bits per heavy atom. The van der Waals surface area contributed by atoms with Crippen molar-refractivity contribution in [1.29, 1.82) is 0 Å². The molecule has 3 rings (SSSR count). The van der Waals surface area contributed by atoms with Gasteiger partial charge >= 0.3 is 0 Å². The summed E-state index contributed by atoms with van der Waals surface area (Å²) >= 11 is 7.14. The molecule has 0 aliphatic rings. The summed E-state index contributed by atoms with van der Waals surface area (Å²) in [5.41, 5.74) is 0.815. The minimum absolute atomic E-state index is 0.0564. The van der Waals surface area contributed by atoms with E-state index in [1.807, 2.05) is 0 Å². The van der Waals surface area contributed by atoms with Crippen LogP contribution in [0.3, 0.4) is 0 Å². The van der Waals surface area contributed by atoms with Crippen LogP contribution in [-0.2, 0) is 6.54 Å². The van der Waals surface area contributed by atoms with E-state index in [4.69, 9.17) is 11.6 Å². The number of thioether (sulfide) groups is 1. The van der Waals surface area contributed by atoms with E-state index in [-0.39, 0.29) is 17.5 Å². The van der Waals surface area contributed by atoms with Gasteiger partial charge in [0.2, 0.25) is 5.43 Å². The Hall–Kier alpha value is -2.31. The maximum Gasteiger partial charge on any atom is 0.257 e. The van der Waals surface area contributed by atoms with Gasteiger partial charge in [0.25, 0.3) is 5.91 Å². The molecule has 0 fully saturated rings. The van der Waals surface area contributed by atoms with Gasteiger partial charge < -0.3 is 10.3 Å². The number of pyridine rings is 1. The largest absolute Gasteiger partial charge is 0.359 e. The maximum absolute atomic E-state index is 13.7. The predicted octanol–water partition coefficient (Wildman–Crippen LogP) is 3.97. The van der Waals surface area contributed by atoms with Crippen molar-refractivity contribution in [2.45, 2.75) is 11.4 Å². The van der Waals surface area contributed by atoms with Crippen molar-refractivity contribution in [2.75, 3.05) is 6.26 Å². The number of carbonyl (C=O) groups is 1. The molecule has 0 aliphatic carbocycles. The van der Waals surface area contributed by atoms with Crippen LogP contribution in [0, 0.1) is 5.82 Å². The Morgan fingerprint density at radius 3 is 2.68 bits per heavy atom. The molecule has 2 N–H and O–H groups in total. The minimum atomic E-state index is -0.520. The standard InChI is InChI=1S/C18H14ClFN2O2S/c1-25-15-7-12(20)6-13-16(15)21-9-14(17(13)23)18(24)22-8-10-2-4-11(19)5-3-10/h2-7,9H,8H2,1H3,(H,21,23)(H,22,24). The molecule has 0 atom stereocenters. The summed E-state index contributed by atoms with van der Waals surface area (Å²) in [7, 11) is 0. The van der Waals surface area contributed by atoms with Crippen molar-refractivity contribution in [3.05, 3.63) is 74.8 Å². The van der Waals surface area contributed by atoms with E-state index in [0.717, 1.165) is 11.6 Å². The smallest absolute Gasteiger partial charge is 0.257 e. The first-order valence-electron chi connectivity index (χ1n) is 7.41. The number of rotatable bonds is 4. The van der Waals surface area contributed by atoms with Gasteiger partial charge in [-0.1, -0.05) is 23.7 Å². The monoisotopic (exact) mass is 376 g/mol. The normalized spacial score (nSPS) is 10.8. The van der Waals surface area contributed by atoms with Crippen LogP contribution in [-0.4, -0.2) is 17.1 Å². The fourth-order valence-corrected chi connectivity index (χ4v) is 3.20. The molecule has 4 nitrogen and oxygen atoms in total. The number of H-pyrrole nitrogens is 1.